The maximum absolute atomic E-state index is 9.60. The van der Waals surface area contributed by atoms with Crippen LogP contribution in [0.4, 0.5) is 0 Å². The molecule has 1 radical (unpaired) electrons. The fourth-order valence-electron chi connectivity index (χ4n) is 0. The van der Waals surface area contributed by atoms with Crippen LogP contribution in [0.2, 0.25) is 0 Å². The highest BCUT2D eigenvalue weighted by Crippen LogP contribution is 1.58. The van der Waals surface area contributed by atoms with E-state index in [4.69, 9.17) is 0 Å². The van der Waals surface area contributed by atoms with Crippen molar-refractivity contribution in [1.29, 1.82) is 0 Å². The van der Waals surface area contributed by atoms with E-state index in [1.165, 1.54) is 23.5 Å². The second-order valence-corrected chi connectivity index (χ2v) is 0.925. The Morgan fingerprint density at radius 1 is 1.83 bits per heavy atom. The summed E-state index contributed by atoms with van der Waals surface area (Å²) in [5.74, 6) is -0.233. The number of carbonyl (C=O) groups excluding carboxylic acids is 1. The van der Waals surface area contributed by atoms with E-state index in [2.05, 4.69) is 3.79 Å². The Hall–Kier alpha value is -0.0375. The normalized spacial score (nSPS) is 5.50. The van der Waals surface area contributed by atoms with Crippen molar-refractivity contribution in [3.63, 3.8) is 0 Å². The fourth-order valence-corrected chi connectivity index (χ4v) is 0. The van der Waals surface area contributed by atoms with Gasteiger partial charge in [-0.05, 0) is 0 Å². The van der Waals surface area contributed by atoms with Gasteiger partial charge < -0.3 is 9.26 Å². The highest BCUT2D eigenvalue weighted by Gasteiger charge is 1.74. The second kappa shape index (κ2) is 4.96. The van der Waals surface area contributed by atoms with Gasteiger partial charge >= 0.3 is 16.6 Å². The summed E-state index contributed by atoms with van der Waals surface area (Å²) in [6.45, 7) is 1.37. The largest absolute Gasteiger partial charge is 0.625 e. The van der Waals surface area contributed by atoms with Gasteiger partial charge in [-0.3, -0.25) is 4.79 Å². The zero-order valence-corrected chi connectivity index (χ0v) is 4.94. The summed E-state index contributed by atoms with van der Waals surface area (Å²) >= 11 is 1.18. The first kappa shape index (κ1) is 9.35. The van der Waals surface area contributed by atoms with Gasteiger partial charge in [0.1, 0.15) is 0 Å². The van der Waals surface area contributed by atoms with Crippen LogP contribution < -0.4 is 0 Å². The first-order valence-corrected chi connectivity index (χ1v) is 1.77. The lowest BCUT2D eigenvalue weighted by atomic mass is 10.9. The van der Waals surface area contributed by atoms with Crippen molar-refractivity contribution in [2.45, 2.75) is 6.92 Å². The third kappa shape index (κ3) is 9.03. The molecule has 0 unspecified atom stereocenters. The van der Waals surface area contributed by atoms with Gasteiger partial charge in [-0.25, -0.2) is 0 Å². The minimum absolute atomic E-state index is 0. The molecule has 2 N–H and O–H groups in total. The van der Waals surface area contributed by atoms with Crippen LogP contribution in [0, 0.1) is 0 Å². The zero-order chi connectivity index (χ0) is 4.28. The summed E-state index contributed by atoms with van der Waals surface area (Å²) in [7, 11) is 0. The van der Waals surface area contributed by atoms with E-state index < -0.39 is 0 Å². The topological polar surface area (TPSA) is 57.8 Å². The molecule has 0 aliphatic heterocycles. The summed E-state index contributed by atoms with van der Waals surface area (Å²) in [5, 5.41) is 0. The molecule has 0 atom stereocenters. The molecule has 4 heteroatoms. The predicted molar refractivity (Wildman–Crippen MR) is 22.5 cm³/mol. The standard InChI is InChI=1S/C2H4O2.Al.H2O.H/c1-2(3)4;;;/h1H3,(H,3,4);;1H2;/q;+1;;/p-1. The van der Waals surface area contributed by atoms with Crippen molar-refractivity contribution in [3.05, 3.63) is 0 Å². The zero-order valence-electron chi connectivity index (χ0n) is 3.52. The minimum atomic E-state index is -0.233. The fraction of sp³-hybridized carbons (Fsp3) is 0.500. The maximum Gasteiger partial charge on any atom is 0.496 e. The average molecular weight is 105 g/mol. The van der Waals surface area contributed by atoms with Crippen LogP contribution in [-0.4, -0.2) is 28.1 Å². The molecule has 0 bridgehead atoms. The van der Waals surface area contributed by atoms with Gasteiger partial charge in [0, 0.05) is 6.92 Å². The summed E-state index contributed by atoms with van der Waals surface area (Å²) in [6, 6.07) is 0. The molecule has 0 aliphatic carbocycles. The molecule has 0 saturated carbocycles. The smallest absolute Gasteiger partial charge is 0.496 e. The van der Waals surface area contributed by atoms with E-state index in [9.17, 15) is 4.79 Å². The van der Waals surface area contributed by atoms with Crippen LogP contribution in [0.5, 0.6) is 0 Å². The number of hydrogen-bond acceptors (Lipinski definition) is 2. The lowest BCUT2D eigenvalue weighted by molar-refractivity contribution is -0.131. The molecular weight excluding hydrogens is 99.0 g/mol. The van der Waals surface area contributed by atoms with Crippen molar-refractivity contribution in [3.8, 4) is 0 Å². The summed E-state index contributed by atoms with van der Waals surface area (Å²) in [6.07, 6.45) is 0. The van der Waals surface area contributed by atoms with Crippen LogP contribution >= 0.6 is 0 Å². The highest BCUT2D eigenvalue weighted by molar-refractivity contribution is 6.04. The Morgan fingerprint density at radius 2 is 2.00 bits per heavy atom. The number of rotatable bonds is 0. The molecule has 0 aromatic rings. The van der Waals surface area contributed by atoms with E-state index in [-0.39, 0.29) is 11.4 Å². The molecule has 0 aliphatic rings. The molecule has 0 aromatic heterocycles. The van der Waals surface area contributed by atoms with E-state index in [1.807, 2.05) is 0 Å². The second-order valence-electron chi connectivity index (χ2n) is 0.636. The number of carbonyl (C=O) groups is 1. The minimum Gasteiger partial charge on any atom is -0.625 e. The quantitative estimate of drug-likeness (QED) is 0.353. The van der Waals surface area contributed by atoms with Crippen LogP contribution in [0.1, 0.15) is 6.92 Å². The molecule has 0 amide bonds. The van der Waals surface area contributed by atoms with E-state index in [1.54, 1.807) is 0 Å². The van der Waals surface area contributed by atoms with Crippen molar-refractivity contribution in [2.24, 2.45) is 0 Å². The maximum atomic E-state index is 9.60. The third-order valence-corrected chi connectivity index (χ3v) is 0.610. The van der Waals surface area contributed by atoms with E-state index in [0.29, 0.717) is 0 Å². The van der Waals surface area contributed by atoms with Gasteiger partial charge in [0.15, 0.2) is 0 Å². The lowest BCUT2D eigenvalue weighted by Crippen LogP contribution is -1.90. The van der Waals surface area contributed by atoms with Crippen molar-refractivity contribution in [1.82, 2.24) is 0 Å². The summed E-state index contributed by atoms with van der Waals surface area (Å²) in [5.41, 5.74) is 0. The molecule has 0 saturated heterocycles. The van der Waals surface area contributed by atoms with Gasteiger partial charge in [-0.15, -0.1) is 0 Å². The molecule has 0 spiro atoms. The van der Waals surface area contributed by atoms with Gasteiger partial charge in [0.05, 0.1) is 0 Å². The summed E-state index contributed by atoms with van der Waals surface area (Å²) < 4.78 is 4.14. The van der Waals surface area contributed by atoms with Crippen molar-refractivity contribution in [2.75, 3.05) is 0 Å². The Bertz CT molecular complexity index is 44.1. The van der Waals surface area contributed by atoms with Crippen LogP contribution in [-0.2, 0) is 8.58 Å². The van der Waals surface area contributed by atoms with Crippen LogP contribution in [0.3, 0.4) is 0 Å². The molecule has 0 aromatic carbocycles. The lowest BCUT2D eigenvalue weighted by Gasteiger charge is -1.84. The van der Waals surface area contributed by atoms with Gasteiger partial charge in [0.25, 0.3) is 5.97 Å². The monoisotopic (exact) mass is 105 g/mol. The molecular formula is C2H6AlO3. The number of hydrogen-bond donors (Lipinski definition) is 0. The molecule has 0 rings (SSSR count). The first-order valence-electron chi connectivity index (χ1n) is 1.20. The molecule has 35 valence electrons. The Morgan fingerprint density at radius 3 is 2.00 bits per heavy atom. The predicted octanol–water partition coefficient (Wildman–Crippen LogP) is -1.46. The molecule has 3 nitrogen and oxygen atoms in total. The van der Waals surface area contributed by atoms with Gasteiger partial charge in [-0.1, -0.05) is 0 Å². The first-order chi connectivity index (χ1) is 2.27. The third-order valence-electron chi connectivity index (χ3n) is 0.203. The Labute approximate surface area is 44.4 Å². The summed E-state index contributed by atoms with van der Waals surface area (Å²) in [4.78, 5) is 9.60. The molecule has 0 heterocycles. The Kier molecular flexibility index (Phi) is 7.73. The van der Waals surface area contributed by atoms with Gasteiger partial charge in [-0.2, -0.15) is 0 Å². The highest BCUT2D eigenvalue weighted by atomic mass is 27.1. The average Bonchev–Trinajstić information content (AvgIpc) is 1.38. The Balaban J connectivity index is 0. The molecule has 0 fully saturated rings. The van der Waals surface area contributed by atoms with E-state index in [0.717, 1.165) is 0 Å². The van der Waals surface area contributed by atoms with Crippen LogP contribution in [0.15, 0.2) is 0 Å². The van der Waals surface area contributed by atoms with Crippen molar-refractivity contribution >= 4 is 22.6 Å². The molecule has 6 heavy (non-hydrogen) atoms. The van der Waals surface area contributed by atoms with Crippen LogP contribution in [0.25, 0.3) is 0 Å². The van der Waals surface area contributed by atoms with Gasteiger partial charge in [0.2, 0.25) is 0 Å². The van der Waals surface area contributed by atoms with E-state index >= 15 is 0 Å². The van der Waals surface area contributed by atoms with Crippen molar-refractivity contribution < 1.29 is 14.1 Å². The SMILES string of the molecule is CC(=O)[O][AlH].O.